The number of fused-ring (bicyclic) bond motifs is 1. The Hall–Kier alpha value is -5.03. The molecule has 11 heteroatoms. The summed E-state index contributed by atoms with van der Waals surface area (Å²) in [6.07, 6.45) is 4.05. The standard InChI is InChI=1S/C38H41N3O7S/c1-46-32-16-10-13-29(23-32)26-40(34(24-28-11-4-2-5-12-28)38(43)39-30-14-8-9-15-30)37(42)27-41(49(44,45)33-17-6-3-7-18-33)31-19-20-35-36(25-31)48-22-21-47-35/h2-7,10-13,16-20,23,25,30,34H,8-9,14-15,21-22,24,26-27H2,1H3,(H,39,43)/t34-/m0/s1. The third-order valence-corrected chi connectivity index (χ3v) is 10.7. The molecule has 4 aromatic rings. The molecule has 1 aliphatic heterocycles. The molecule has 0 bridgehead atoms. The number of amides is 2. The fraction of sp³-hybridized carbons (Fsp3) is 0.316. The van der Waals surface area contributed by atoms with Gasteiger partial charge in [-0.25, -0.2) is 8.42 Å². The first-order chi connectivity index (χ1) is 23.8. The molecule has 1 fully saturated rings. The number of anilines is 1. The lowest BCUT2D eigenvalue weighted by Gasteiger charge is -2.34. The van der Waals surface area contributed by atoms with Crippen LogP contribution in [0.2, 0.25) is 0 Å². The van der Waals surface area contributed by atoms with Crippen LogP contribution >= 0.6 is 0 Å². The SMILES string of the molecule is COc1cccc(CN(C(=O)CN(c2ccc3c(c2)OCCO3)S(=O)(=O)c2ccccc2)[C@@H](Cc2ccccc2)C(=O)NC2CCCC2)c1. The molecular formula is C38H41N3O7S. The number of carbonyl (C=O) groups excluding carboxylic acids is 2. The van der Waals surface area contributed by atoms with Crippen molar-refractivity contribution in [2.45, 2.75) is 55.6 Å². The van der Waals surface area contributed by atoms with Gasteiger partial charge in [0.25, 0.3) is 10.0 Å². The lowest BCUT2D eigenvalue weighted by Crippen LogP contribution is -2.54. The summed E-state index contributed by atoms with van der Waals surface area (Å²) in [7, 11) is -2.68. The number of ether oxygens (including phenoxy) is 3. The summed E-state index contributed by atoms with van der Waals surface area (Å²) in [5.74, 6) is 0.660. The van der Waals surface area contributed by atoms with Crippen molar-refractivity contribution in [1.82, 2.24) is 10.2 Å². The minimum atomic E-state index is -4.25. The third-order valence-electron chi connectivity index (χ3n) is 8.88. The minimum absolute atomic E-state index is 0.0206. The van der Waals surface area contributed by atoms with Gasteiger partial charge in [-0.3, -0.25) is 13.9 Å². The van der Waals surface area contributed by atoms with E-state index in [1.807, 2.05) is 48.5 Å². The van der Waals surface area contributed by atoms with Crippen LogP contribution in [0.4, 0.5) is 5.69 Å². The highest BCUT2D eigenvalue weighted by atomic mass is 32.2. The summed E-state index contributed by atoms with van der Waals surface area (Å²) < 4.78 is 46.6. The Labute approximate surface area is 287 Å². The fourth-order valence-electron chi connectivity index (χ4n) is 6.32. The van der Waals surface area contributed by atoms with Gasteiger partial charge in [-0.15, -0.1) is 0 Å². The van der Waals surface area contributed by atoms with Gasteiger partial charge in [0, 0.05) is 25.1 Å². The molecule has 2 amide bonds. The van der Waals surface area contributed by atoms with E-state index in [2.05, 4.69) is 5.32 Å². The molecule has 2 aliphatic rings. The van der Waals surface area contributed by atoms with Crippen molar-refractivity contribution in [2.24, 2.45) is 0 Å². The number of sulfonamides is 1. The Kier molecular flexibility index (Phi) is 10.7. The van der Waals surface area contributed by atoms with Gasteiger partial charge in [-0.2, -0.15) is 0 Å². The van der Waals surface area contributed by atoms with Gasteiger partial charge in [0.05, 0.1) is 17.7 Å². The molecule has 0 spiro atoms. The lowest BCUT2D eigenvalue weighted by molar-refractivity contribution is -0.140. The van der Waals surface area contributed by atoms with Crippen LogP contribution < -0.4 is 23.8 Å². The summed E-state index contributed by atoms with van der Waals surface area (Å²) in [5, 5.41) is 3.20. The monoisotopic (exact) mass is 683 g/mol. The molecule has 1 aliphatic carbocycles. The normalized spacial score (nSPS) is 14.9. The number of methoxy groups -OCH3 is 1. The van der Waals surface area contributed by atoms with Crippen molar-refractivity contribution in [2.75, 3.05) is 31.2 Å². The van der Waals surface area contributed by atoms with Gasteiger partial charge in [0.2, 0.25) is 11.8 Å². The van der Waals surface area contributed by atoms with Crippen LogP contribution in [0.25, 0.3) is 0 Å². The highest BCUT2D eigenvalue weighted by Gasteiger charge is 2.36. The van der Waals surface area contributed by atoms with Crippen molar-refractivity contribution < 1.29 is 32.2 Å². The van der Waals surface area contributed by atoms with E-state index >= 15 is 0 Å². The molecule has 10 nitrogen and oxygen atoms in total. The fourth-order valence-corrected chi connectivity index (χ4v) is 7.75. The summed E-state index contributed by atoms with van der Waals surface area (Å²) >= 11 is 0. The van der Waals surface area contributed by atoms with Crippen LogP contribution in [0.5, 0.6) is 17.2 Å². The van der Waals surface area contributed by atoms with E-state index in [4.69, 9.17) is 14.2 Å². The van der Waals surface area contributed by atoms with Gasteiger partial charge in [-0.1, -0.05) is 73.5 Å². The molecule has 1 N–H and O–H groups in total. The average molecular weight is 684 g/mol. The van der Waals surface area contributed by atoms with E-state index in [0.717, 1.165) is 41.1 Å². The Morgan fingerprint density at radius 1 is 0.837 bits per heavy atom. The van der Waals surface area contributed by atoms with E-state index in [-0.39, 0.29) is 35.5 Å². The molecule has 256 valence electrons. The first kappa shape index (κ1) is 33.9. The zero-order valence-electron chi connectivity index (χ0n) is 27.5. The summed E-state index contributed by atoms with van der Waals surface area (Å²) in [4.78, 5) is 30.5. The first-order valence-corrected chi connectivity index (χ1v) is 18.0. The number of rotatable bonds is 13. The predicted molar refractivity (Wildman–Crippen MR) is 186 cm³/mol. The van der Waals surface area contributed by atoms with Crippen LogP contribution in [0.15, 0.2) is 108 Å². The molecule has 0 aromatic heterocycles. The van der Waals surface area contributed by atoms with E-state index in [0.29, 0.717) is 30.5 Å². The van der Waals surface area contributed by atoms with Crippen molar-refractivity contribution in [3.63, 3.8) is 0 Å². The second-order valence-electron chi connectivity index (χ2n) is 12.2. The van der Waals surface area contributed by atoms with Crippen LogP contribution in [0.1, 0.15) is 36.8 Å². The lowest BCUT2D eigenvalue weighted by atomic mass is 10.0. The molecular weight excluding hydrogens is 642 g/mol. The largest absolute Gasteiger partial charge is 0.497 e. The van der Waals surface area contributed by atoms with Gasteiger partial charge in [-0.05, 0) is 60.4 Å². The quantitative estimate of drug-likeness (QED) is 0.202. The van der Waals surface area contributed by atoms with E-state index in [1.165, 1.54) is 17.0 Å². The van der Waals surface area contributed by atoms with Gasteiger partial charge in [0.15, 0.2) is 11.5 Å². The maximum absolute atomic E-state index is 14.8. The third kappa shape index (κ3) is 8.17. The molecule has 0 radical (unpaired) electrons. The number of hydrogen-bond donors (Lipinski definition) is 1. The second kappa shape index (κ2) is 15.5. The molecule has 1 atom stereocenters. The molecule has 4 aromatic carbocycles. The highest BCUT2D eigenvalue weighted by Crippen LogP contribution is 2.36. The second-order valence-corrected chi connectivity index (χ2v) is 14.1. The van der Waals surface area contributed by atoms with Crippen LogP contribution in [-0.4, -0.2) is 64.1 Å². The van der Waals surface area contributed by atoms with E-state index in [1.54, 1.807) is 49.6 Å². The zero-order chi connectivity index (χ0) is 34.2. The summed E-state index contributed by atoms with van der Waals surface area (Å²) in [6, 6.07) is 28.7. The maximum atomic E-state index is 14.8. The molecule has 0 saturated heterocycles. The van der Waals surface area contributed by atoms with Crippen molar-refractivity contribution in [1.29, 1.82) is 0 Å². The number of nitrogens with zero attached hydrogens (tertiary/aromatic N) is 2. The highest BCUT2D eigenvalue weighted by molar-refractivity contribution is 7.92. The molecule has 6 rings (SSSR count). The van der Waals surface area contributed by atoms with E-state index in [9.17, 15) is 18.0 Å². The number of benzene rings is 4. The van der Waals surface area contributed by atoms with Crippen LogP contribution in [-0.2, 0) is 32.6 Å². The van der Waals surface area contributed by atoms with Gasteiger partial charge in [0.1, 0.15) is 31.5 Å². The van der Waals surface area contributed by atoms with Gasteiger partial charge >= 0.3 is 0 Å². The topological polar surface area (TPSA) is 114 Å². The van der Waals surface area contributed by atoms with Crippen molar-refractivity contribution >= 4 is 27.5 Å². The predicted octanol–water partition coefficient (Wildman–Crippen LogP) is 5.36. The Bertz CT molecular complexity index is 1850. The molecule has 1 saturated carbocycles. The smallest absolute Gasteiger partial charge is 0.264 e. The minimum Gasteiger partial charge on any atom is -0.497 e. The number of carbonyl (C=O) groups is 2. The first-order valence-electron chi connectivity index (χ1n) is 16.6. The average Bonchev–Trinajstić information content (AvgIpc) is 3.65. The Balaban J connectivity index is 1.41. The molecule has 1 heterocycles. The van der Waals surface area contributed by atoms with Crippen molar-refractivity contribution in [3.05, 3.63) is 114 Å². The van der Waals surface area contributed by atoms with Gasteiger partial charge < -0.3 is 24.4 Å². The molecule has 49 heavy (non-hydrogen) atoms. The molecule has 0 unspecified atom stereocenters. The number of hydrogen-bond acceptors (Lipinski definition) is 7. The summed E-state index contributed by atoms with van der Waals surface area (Å²) in [5.41, 5.74) is 1.84. The summed E-state index contributed by atoms with van der Waals surface area (Å²) in [6.45, 7) is 0.170. The Morgan fingerprint density at radius 2 is 1.51 bits per heavy atom. The van der Waals surface area contributed by atoms with Crippen LogP contribution in [0, 0.1) is 0 Å². The van der Waals surface area contributed by atoms with Crippen molar-refractivity contribution in [3.8, 4) is 17.2 Å². The van der Waals surface area contributed by atoms with Crippen LogP contribution in [0.3, 0.4) is 0 Å². The number of nitrogens with one attached hydrogen (secondary N) is 1. The van der Waals surface area contributed by atoms with E-state index < -0.39 is 28.5 Å². The Morgan fingerprint density at radius 3 is 2.22 bits per heavy atom. The maximum Gasteiger partial charge on any atom is 0.264 e. The zero-order valence-corrected chi connectivity index (χ0v) is 28.3.